The van der Waals surface area contributed by atoms with Gasteiger partial charge in [0, 0.05) is 11.0 Å². The van der Waals surface area contributed by atoms with Gasteiger partial charge >= 0.3 is 0 Å². The molecule has 0 heterocycles. The maximum absolute atomic E-state index is 11.6. The molecule has 0 amide bonds. The van der Waals surface area contributed by atoms with E-state index in [9.17, 15) is 4.39 Å². The van der Waals surface area contributed by atoms with Crippen LogP contribution in [0.1, 0.15) is 12.8 Å². The smallest absolute Gasteiger partial charge is 0.113 e. The Labute approximate surface area is 64.0 Å². The van der Waals surface area contributed by atoms with Crippen LogP contribution in [0.4, 0.5) is 4.39 Å². The van der Waals surface area contributed by atoms with Crippen molar-refractivity contribution < 1.29 is 9.13 Å². The van der Waals surface area contributed by atoms with Crippen molar-refractivity contribution >= 4 is 0 Å². The van der Waals surface area contributed by atoms with E-state index >= 15 is 0 Å². The van der Waals surface area contributed by atoms with Crippen LogP contribution < -0.4 is 0 Å². The zero-order valence-corrected chi connectivity index (χ0v) is 6.11. The zero-order valence-electron chi connectivity index (χ0n) is 6.11. The molecule has 1 saturated carbocycles. The van der Waals surface area contributed by atoms with Crippen molar-refractivity contribution in [3.05, 3.63) is 10.4 Å². The molecule has 0 atom stereocenters. The number of hydrogen-bond donors (Lipinski definition) is 0. The van der Waals surface area contributed by atoms with E-state index in [1.807, 2.05) is 0 Å². The molecular formula is C6H10FN3O. The van der Waals surface area contributed by atoms with Crippen LogP contribution >= 0.6 is 0 Å². The van der Waals surface area contributed by atoms with Crippen molar-refractivity contribution in [3.63, 3.8) is 0 Å². The summed E-state index contributed by atoms with van der Waals surface area (Å²) >= 11 is 0. The summed E-state index contributed by atoms with van der Waals surface area (Å²) in [7, 11) is 0. The minimum atomic E-state index is -0.442. The van der Waals surface area contributed by atoms with Crippen LogP contribution in [0.15, 0.2) is 5.11 Å². The number of alkyl halides is 1. The highest BCUT2D eigenvalue weighted by atomic mass is 19.1. The summed E-state index contributed by atoms with van der Waals surface area (Å²) < 4.78 is 16.6. The molecule has 0 radical (unpaired) electrons. The molecule has 0 N–H and O–H groups in total. The van der Waals surface area contributed by atoms with Crippen molar-refractivity contribution in [2.24, 2.45) is 5.11 Å². The second kappa shape index (κ2) is 4.16. The molecule has 5 heteroatoms. The third-order valence-corrected chi connectivity index (χ3v) is 1.72. The first-order valence-corrected chi connectivity index (χ1v) is 3.58. The average molecular weight is 159 g/mol. The Morgan fingerprint density at radius 1 is 1.64 bits per heavy atom. The summed E-state index contributed by atoms with van der Waals surface area (Å²) in [6, 6.07) is 0.0737. The third kappa shape index (κ3) is 2.37. The molecule has 11 heavy (non-hydrogen) atoms. The molecule has 4 nitrogen and oxygen atoms in total. The Hall–Kier alpha value is -0.800. The molecule has 1 fully saturated rings. The molecule has 0 aromatic rings. The lowest BCUT2D eigenvalue weighted by Gasteiger charge is -2.31. The topological polar surface area (TPSA) is 58.0 Å². The molecule has 0 aromatic carbocycles. The average Bonchev–Trinajstić information content (AvgIpc) is 1.94. The van der Waals surface area contributed by atoms with Crippen molar-refractivity contribution in [1.82, 2.24) is 0 Å². The predicted octanol–water partition coefficient (Wildman–Crippen LogP) is 1.81. The van der Waals surface area contributed by atoms with Crippen LogP contribution in [-0.2, 0) is 4.74 Å². The van der Waals surface area contributed by atoms with Crippen LogP contribution in [0.25, 0.3) is 10.4 Å². The lowest BCUT2D eigenvalue weighted by Crippen LogP contribution is -2.34. The van der Waals surface area contributed by atoms with Crippen LogP contribution in [-0.4, -0.2) is 25.4 Å². The van der Waals surface area contributed by atoms with Gasteiger partial charge in [0.05, 0.1) is 12.7 Å². The van der Waals surface area contributed by atoms with Gasteiger partial charge in [-0.3, -0.25) is 0 Å². The van der Waals surface area contributed by atoms with Crippen molar-refractivity contribution in [2.45, 2.75) is 25.0 Å². The first-order valence-electron chi connectivity index (χ1n) is 3.58. The van der Waals surface area contributed by atoms with E-state index in [4.69, 9.17) is 10.3 Å². The number of azide groups is 1. The minimum absolute atomic E-state index is 0.0737. The monoisotopic (exact) mass is 159 g/mol. The van der Waals surface area contributed by atoms with Crippen LogP contribution in [0.2, 0.25) is 0 Å². The van der Waals surface area contributed by atoms with E-state index in [0.29, 0.717) is 0 Å². The van der Waals surface area contributed by atoms with Gasteiger partial charge in [-0.25, -0.2) is 4.39 Å². The number of nitrogens with zero attached hydrogens (tertiary/aromatic N) is 3. The van der Waals surface area contributed by atoms with E-state index in [2.05, 4.69) is 10.0 Å². The van der Waals surface area contributed by atoms with Crippen LogP contribution in [0, 0.1) is 0 Å². The Balaban J connectivity index is 2.04. The Morgan fingerprint density at radius 2 is 2.36 bits per heavy atom. The van der Waals surface area contributed by atoms with Gasteiger partial charge in [0.25, 0.3) is 0 Å². The molecule has 0 spiro atoms. The van der Waals surface area contributed by atoms with E-state index in [0.717, 1.165) is 12.8 Å². The van der Waals surface area contributed by atoms with Gasteiger partial charge in [0.15, 0.2) is 0 Å². The maximum Gasteiger partial charge on any atom is 0.113 e. The first-order chi connectivity index (χ1) is 5.36. The van der Waals surface area contributed by atoms with Gasteiger partial charge < -0.3 is 4.74 Å². The first kappa shape index (κ1) is 8.30. The summed E-state index contributed by atoms with van der Waals surface area (Å²) in [5.74, 6) is 0. The lowest BCUT2D eigenvalue weighted by atomic mass is 9.90. The van der Waals surface area contributed by atoms with E-state index in [1.165, 1.54) is 0 Å². The van der Waals surface area contributed by atoms with Crippen molar-refractivity contribution in [1.29, 1.82) is 0 Å². The van der Waals surface area contributed by atoms with Crippen LogP contribution in [0.3, 0.4) is 0 Å². The van der Waals surface area contributed by atoms with Gasteiger partial charge in [0.1, 0.15) is 6.67 Å². The number of ether oxygens (including phenoxy) is 1. The highest BCUT2D eigenvalue weighted by molar-refractivity contribution is 4.85. The number of rotatable bonds is 4. The Bertz CT molecular complexity index is 163. The second-order valence-electron chi connectivity index (χ2n) is 2.51. The molecule has 1 aliphatic carbocycles. The SMILES string of the molecule is [N-]=[N+]=NC1CC(OCCF)C1. The molecule has 0 aliphatic heterocycles. The molecule has 0 aromatic heterocycles. The van der Waals surface area contributed by atoms with Gasteiger partial charge in [-0.15, -0.1) is 0 Å². The zero-order chi connectivity index (χ0) is 8.10. The molecule has 1 rings (SSSR count). The highest BCUT2D eigenvalue weighted by Gasteiger charge is 2.28. The molecule has 62 valence electrons. The van der Waals surface area contributed by atoms with Gasteiger partial charge in [0.2, 0.25) is 0 Å². The summed E-state index contributed by atoms with van der Waals surface area (Å²) in [6.45, 7) is -0.281. The lowest BCUT2D eigenvalue weighted by molar-refractivity contribution is -0.0134. The normalized spacial score (nSPS) is 28.8. The van der Waals surface area contributed by atoms with Crippen molar-refractivity contribution in [3.8, 4) is 0 Å². The fourth-order valence-electron chi connectivity index (χ4n) is 1.05. The van der Waals surface area contributed by atoms with Gasteiger partial charge in [-0.05, 0) is 18.4 Å². The summed E-state index contributed by atoms with van der Waals surface area (Å²) in [4.78, 5) is 2.67. The number of hydrogen-bond acceptors (Lipinski definition) is 2. The van der Waals surface area contributed by atoms with Crippen molar-refractivity contribution in [2.75, 3.05) is 13.3 Å². The van der Waals surface area contributed by atoms with E-state index < -0.39 is 6.67 Å². The Kier molecular flexibility index (Phi) is 3.14. The fraction of sp³-hybridized carbons (Fsp3) is 1.00. The minimum Gasteiger partial charge on any atom is -0.375 e. The van der Waals surface area contributed by atoms with E-state index in [-0.39, 0.29) is 18.8 Å². The summed E-state index contributed by atoms with van der Waals surface area (Å²) in [6.07, 6.45) is 1.59. The molecular weight excluding hydrogens is 149 g/mol. The maximum atomic E-state index is 11.6. The summed E-state index contributed by atoms with van der Waals surface area (Å²) in [5, 5.41) is 3.49. The predicted molar refractivity (Wildman–Crippen MR) is 37.9 cm³/mol. The third-order valence-electron chi connectivity index (χ3n) is 1.72. The molecule has 1 aliphatic rings. The highest BCUT2D eigenvalue weighted by Crippen LogP contribution is 2.26. The molecule has 0 unspecified atom stereocenters. The molecule has 0 saturated heterocycles. The van der Waals surface area contributed by atoms with Gasteiger partial charge in [-0.2, -0.15) is 0 Å². The van der Waals surface area contributed by atoms with E-state index in [1.54, 1.807) is 0 Å². The summed E-state index contributed by atoms with van der Waals surface area (Å²) in [5.41, 5.74) is 8.02. The Morgan fingerprint density at radius 3 is 2.91 bits per heavy atom. The molecule has 0 bridgehead atoms. The number of halogens is 1. The second-order valence-corrected chi connectivity index (χ2v) is 2.51. The largest absolute Gasteiger partial charge is 0.375 e. The quantitative estimate of drug-likeness (QED) is 0.350. The van der Waals surface area contributed by atoms with Crippen LogP contribution in [0.5, 0.6) is 0 Å². The fourth-order valence-corrected chi connectivity index (χ4v) is 1.05. The standard InChI is InChI=1S/C6H10FN3O/c7-1-2-11-6-3-5(4-6)9-10-8/h5-6H,1-4H2. The van der Waals surface area contributed by atoms with Gasteiger partial charge in [-0.1, -0.05) is 5.11 Å².